The molecule has 2 aromatic heterocycles. The third kappa shape index (κ3) is 2.40. The normalized spacial score (nSPS) is 11.2. The van der Waals surface area contributed by atoms with Gasteiger partial charge in [-0.25, -0.2) is 4.79 Å². The number of fused-ring (bicyclic) bond motifs is 1. The molecule has 6 heteroatoms. The zero-order chi connectivity index (χ0) is 15.1. The molecule has 4 nitrogen and oxygen atoms in total. The summed E-state index contributed by atoms with van der Waals surface area (Å²) in [5, 5.41) is 5.93. The van der Waals surface area contributed by atoms with Crippen molar-refractivity contribution in [3.63, 3.8) is 0 Å². The summed E-state index contributed by atoms with van der Waals surface area (Å²) in [6.07, 6.45) is 0. The van der Waals surface area contributed by atoms with Crippen molar-refractivity contribution in [3.05, 3.63) is 61.0 Å². The quantitative estimate of drug-likeness (QED) is 0.686. The first kappa shape index (κ1) is 14.4. The van der Waals surface area contributed by atoms with Crippen LogP contribution in [0.1, 0.15) is 16.8 Å². The molecule has 0 bridgehead atoms. The molecule has 0 saturated carbocycles. The smallest absolute Gasteiger partial charge is 0.352 e. The van der Waals surface area contributed by atoms with Crippen LogP contribution >= 0.6 is 27.5 Å². The SMILES string of the molecule is Cc1c(Br)c(=O)oc2nn(Cc3ccccc3Cl)c(C)c12. The molecule has 3 aromatic rings. The summed E-state index contributed by atoms with van der Waals surface area (Å²) >= 11 is 9.44. The van der Waals surface area contributed by atoms with E-state index in [4.69, 9.17) is 16.0 Å². The van der Waals surface area contributed by atoms with Crippen LogP contribution < -0.4 is 5.63 Å². The number of aromatic nitrogens is 2. The van der Waals surface area contributed by atoms with E-state index < -0.39 is 5.63 Å². The Balaban J connectivity index is 2.17. The summed E-state index contributed by atoms with van der Waals surface area (Å²) in [5.74, 6) is 0. The van der Waals surface area contributed by atoms with E-state index in [2.05, 4.69) is 21.0 Å². The number of hydrogen-bond acceptors (Lipinski definition) is 3. The van der Waals surface area contributed by atoms with Crippen LogP contribution in [0, 0.1) is 13.8 Å². The Kier molecular flexibility index (Phi) is 3.63. The van der Waals surface area contributed by atoms with E-state index in [9.17, 15) is 4.79 Å². The maximum absolute atomic E-state index is 11.7. The highest BCUT2D eigenvalue weighted by Gasteiger charge is 2.17. The van der Waals surface area contributed by atoms with E-state index in [0.29, 0.717) is 21.8 Å². The number of rotatable bonds is 2. The second-order valence-corrected chi connectivity index (χ2v) is 6.04. The largest absolute Gasteiger partial charge is 0.401 e. The Hall–Kier alpha value is -1.59. The van der Waals surface area contributed by atoms with Crippen molar-refractivity contribution in [3.8, 4) is 0 Å². The van der Waals surface area contributed by atoms with Crippen LogP contribution in [-0.4, -0.2) is 9.78 Å². The van der Waals surface area contributed by atoms with Crippen LogP contribution in [0.5, 0.6) is 0 Å². The highest BCUT2D eigenvalue weighted by atomic mass is 79.9. The van der Waals surface area contributed by atoms with Gasteiger partial charge in [0.1, 0.15) is 4.47 Å². The van der Waals surface area contributed by atoms with Crippen LogP contribution in [0.2, 0.25) is 5.02 Å². The van der Waals surface area contributed by atoms with Gasteiger partial charge in [0.05, 0.1) is 11.9 Å². The predicted molar refractivity (Wildman–Crippen MR) is 86.0 cm³/mol. The minimum absolute atomic E-state index is 0.352. The molecule has 21 heavy (non-hydrogen) atoms. The highest BCUT2D eigenvalue weighted by Crippen LogP contribution is 2.26. The Bertz CT molecular complexity index is 899. The van der Waals surface area contributed by atoms with Gasteiger partial charge in [0, 0.05) is 10.7 Å². The monoisotopic (exact) mass is 366 g/mol. The highest BCUT2D eigenvalue weighted by molar-refractivity contribution is 9.10. The molecule has 0 aliphatic carbocycles. The number of aryl methyl sites for hydroxylation is 2. The van der Waals surface area contributed by atoms with Gasteiger partial charge in [0.2, 0.25) is 5.71 Å². The number of benzene rings is 1. The summed E-state index contributed by atoms with van der Waals surface area (Å²) in [6.45, 7) is 4.35. The van der Waals surface area contributed by atoms with E-state index in [1.54, 1.807) is 4.68 Å². The third-order valence-electron chi connectivity index (χ3n) is 3.53. The van der Waals surface area contributed by atoms with Crippen molar-refractivity contribution in [2.75, 3.05) is 0 Å². The Morgan fingerprint density at radius 2 is 2.05 bits per heavy atom. The van der Waals surface area contributed by atoms with Gasteiger partial charge >= 0.3 is 5.63 Å². The van der Waals surface area contributed by atoms with Crippen molar-refractivity contribution >= 4 is 38.6 Å². The number of halogens is 2. The lowest BCUT2D eigenvalue weighted by molar-refractivity contribution is 0.531. The first-order valence-corrected chi connectivity index (χ1v) is 7.56. The van der Waals surface area contributed by atoms with Gasteiger partial charge < -0.3 is 4.42 Å². The van der Waals surface area contributed by atoms with E-state index >= 15 is 0 Å². The molecule has 0 amide bonds. The molecule has 0 atom stereocenters. The minimum atomic E-state index is -0.414. The number of nitrogens with zero attached hydrogens (tertiary/aromatic N) is 2. The first-order valence-electron chi connectivity index (χ1n) is 6.38. The molecular weight excluding hydrogens is 356 g/mol. The summed E-state index contributed by atoms with van der Waals surface area (Å²) in [7, 11) is 0. The van der Waals surface area contributed by atoms with Crippen LogP contribution in [0.25, 0.3) is 11.1 Å². The molecule has 0 N–H and O–H groups in total. The van der Waals surface area contributed by atoms with Gasteiger partial charge in [0.15, 0.2) is 0 Å². The summed E-state index contributed by atoms with van der Waals surface area (Å²) in [4.78, 5) is 11.7. The van der Waals surface area contributed by atoms with Gasteiger partial charge in [-0.1, -0.05) is 29.8 Å². The van der Waals surface area contributed by atoms with E-state index in [1.165, 1.54) is 0 Å². The van der Waals surface area contributed by atoms with Crippen molar-refractivity contribution in [1.29, 1.82) is 0 Å². The van der Waals surface area contributed by atoms with Crippen LogP contribution in [0.4, 0.5) is 0 Å². The summed E-state index contributed by atoms with van der Waals surface area (Å²) < 4.78 is 7.48. The molecule has 3 rings (SSSR count). The molecule has 1 aromatic carbocycles. The van der Waals surface area contributed by atoms with Gasteiger partial charge in [-0.2, -0.15) is 0 Å². The molecule has 0 aliphatic rings. The first-order chi connectivity index (χ1) is 9.99. The third-order valence-corrected chi connectivity index (χ3v) is 4.81. The molecule has 0 unspecified atom stereocenters. The second kappa shape index (κ2) is 5.31. The van der Waals surface area contributed by atoms with E-state index in [1.807, 2.05) is 38.1 Å². The van der Waals surface area contributed by atoms with Gasteiger partial charge in [-0.05, 0) is 47.0 Å². The molecule has 108 valence electrons. The van der Waals surface area contributed by atoms with Crippen LogP contribution in [0.15, 0.2) is 37.9 Å². The molecule has 0 saturated heterocycles. The van der Waals surface area contributed by atoms with Crippen molar-refractivity contribution in [1.82, 2.24) is 9.78 Å². The zero-order valence-electron chi connectivity index (χ0n) is 11.5. The van der Waals surface area contributed by atoms with Crippen LogP contribution in [-0.2, 0) is 6.54 Å². The van der Waals surface area contributed by atoms with Crippen molar-refractivity contribution < 1.29 is 4.42 Å². The van der Waals surface area contributed by atoms with Gasteiger partial charge in [0.25, 0.3) is 0 Å². The lowest BCUT2D eigenvalue weighted by Crippen LogP contribution is -2.04. The fraction of sp³-hybridized carbons (Fsp3) is 0.200. The molecule has 0 aliphatic heterocycles. The fourth-order valence-electron chi connectivity index (χ4n) is 2.36. The Labute approximate surface area is 134 Å². The average molecular weight is 368 g/mol. The maximum atomic E-state index is 11.7. The molecule has 0 fully saturated rings. The van der Waals surface area contributed by atoms with E-state index in [0.717, 1.165) is 22.2 Å². The predicted octanol–water partition coefficient (Wildman–Crippen LogP) is 4.07. The average Bonchev–Trinajstić information content (AvgIpc) is 2.75. The lowest BCUT2D eigenvalue weighted by Gasteiger charge is -2.06. The molecular formula is C15H12BrClN2O2. The lowest BCUT2D eigenvalue weighted by atomic mass is 10.2. The molecule has 0 radical (unpaired) electrons. The standard InChI is InChI=1S/C15H12BrClN2O2/c1-8-12-9(2)19(7-10-5-3-4-6-11(10)17)18-14(12)21-15(20)13(8)16/h3-6H,7H2,1-2H3. The fourth-order valence-corrected chi connectivity index (χ4v) is 2.83. The van der Waals surface area contributed by atoms with E-state index in [-0.39, 0.29) is 0 Å². The summed E-state index contributed by atoms with van der Waals surface area (Å²) in [6, 6.07) is 7.62. The van der Waals surface area contributed by atoms with Gasteiger partial charge in [-0.3, -0.25) is 4.68 Å². The van der Waals surface area contributed by atoms with Gasteiger partial charge in [-0.15, -0.1) is 5.10 Å². The van der Waals surface area contributed by atoms with Crippen molar-refractivity contribution in [2.24, 2.45) is 0 Å². The number of hydrogen-bond donors (Lipinski definition) is 0. The zero-order valence-corrected chi connectivity index (χ0v) is 13.8. The molecule has 0 spiro atoms. The topological polar surface area (TPSA) is 48.0 Å². The van der Waals surface area contributed by atoms with Crippen LogP contribution in [0.3, 0.4) is 0 Å². The minimum Gasteiger partial charge on any atom is -0.401 e. The summed E-state index contributed by atoms with van der Waals surface area (Å²) in [5.41, 5.74) is 2.68. The van der Waals surface area contributed by atoms with Crippen molar-refractivity contribution in [2.45, 2.75) is 20.4 Å². The molecule has 2 heterocycles. The Morgan fingerprint density at radius 3 is 2.76 bits per heavy atom. The Morgan fingerprint density at radius 1 is 1.33 bits per heavy atom. The maximum Gasteiger partial charge on any atom is 0.352 e. The second-order valence-electron chi connectivity index (χ2n) is 4.84.